The summed E-state index contributed by atoms with van der Waals surface area (Å²) in [6.45, 7) is 5.85. The lowest BCUT2D eigenvalue weighted by Gasteiger charge is -2.31. The number of Topliss-reactive ketones (excluding diaryl/α,β-unsaturated/α-hetero) is 1. The van der Waals surface area contributed by atoms with Gasteiger partial charge < -0.3 is 0 Å². The number of carbonyl (C=O) groups is 1. The van der Waals surface area contributed by atoms with Crippen molar-refractivity contribution in [2.45, 2.75) is 39.0 Å². The second-order valence-corrected chi connectivity index (χ2v) is 4.47. The Kier molecular flexibility index (Phi) is 4.55. The van der Waals surface area contributed by atoms with Crippen LogP contribution in [0.15, 0.2) is 12.7 Å². The van der Waals surface area contributed by atoms with Crippen LogP contribution in [0.4, 0.5) is 0 Å². The summed E-state index contributed by atoms with van der Waals surface area (Å²) in [7, 11) is 0. The van der Waals surface area contributed by atoms with Gasteiger partial charge in [0.25, 0.3) is 0 Å². The van der Waals surface area contributed by atoms with Crippen molar-refractivity contribution in [2.24, 2.45) is 17.8 Å². The van der Waals surface area contributed by atoms with E-state index < -0.39 is 0 Å². The molecule has 1 fully saturated rings. The van der Waals surface area contributed by atoms with Gasteiger partial charge in [0.2, 0.25) is 0 Å². The summed E-state index contributed by atoms with van der Waals surface area (Å²) < 4.78 is 0. The fourth-order valence-corrected chi connectivity index (χ4v) is 2.42. The van der Waals surface area contributed by atoms with Crippen molar-refractivity contribution in [3.05, 3.63) is 12.7 Å². The zero-order valence-electron chi connectivity index (χ0n) is 9.41. The van der Waals surface area contributed by atoms with Crippen molar-refractivity contribution < 1.29 is 4.79 Å². The van der Waals surface area contributed by atoms with Crippen LogP contribution in [0, 0.1) is 29.1 Å². The molecule has 0 N–H and O–H groups in total. The van der Waals surface area contributed by atoms with Crippen LogP contribution in [0.3, 0.4) is 0 Å². The molecule has 0 heterocycles. The topological polar surface area (TPSA) is 40.9 Å². The number of hydrogen-bond donors (Lipinski definition) is 0. The highest BCUT2D eigenvalue weighted by Crippen LogP contribution is 2.35. The lowest BCUT2D eigenvalue weighted by atomic mass is 9.70. The Morgan fingerprint density at radius 1 is 1.67 bits per heavy atom. The highest BCUT2D eigenvalue weighted by atomic mass is 16.1. The van der Waals surface area contributed by atoms with E-state index in [1.165, 1.54) is 0 Å². The molecular weight excluding hydrogens is 186 g/mol. The molecule has 0 saturated heterocycles. The summed E-state index contributed by atoms with van der Waals surface area (Å²) in [5, 5.41) is 9.02. The Labute approximate surface area is 92.0 Å². The van der Waals surface area contributed by atoms with E-state index in [0.717, 1.165) is 25.7 Å². The maximum Gasteiger partial charge on any atom is 0.150 e. The molecular formula is C13H19NO. The van der Waals surface area contributed by atoms with Gasteiger partial charge in [0.05, 0.1) is 6.07 Å². The van der Waals surface area contributed by atoms with Crippen LogP contribution in [0.25, 0.3) is 0 Å². The van der Waals surface area contributed by atoms with Crippen molar-refractivity contribution in [3.63, 3.8) is 0 Å². The second kappa shape index (κ2) is 5.70. The third kappa shape index (κ3) is 2.92. The number of nitriles is 1. The number of carbonyl (C=O) groups excluding carboxylic acids is 1. The molecule has 0 radical (unpaired) electrons. The molecule has 0 unspecified atom stereocenters. The van der Waals surface area contributed by atoms with Gasteiger partial charge in [-0.25, -0.2) is 0 Å². The molecule has 0 aromatic rings. The first kappa shape index (κ1) is 12.0. The summed E-state index contributed by atoms with van der Waals surface area (Å²) in [4.78, 5) is 11.6. The zero-order chi connectivity index (χ0) is 11.3. The Morgan fingerprint density at radius 3 is 3.00 bits per heavy atom. The van der Waals surface area contributed by atoms with E-state index in [9.17, 15) is 4.79 Å². The van der Waals surface area contributed by atoms with Crippen LogP contribution in [0.1, 0.15) is 39.0 Å². The Morgan fingerprint density at radius 2 is 2.40 bits per heavy atom. The molecule has 82 valence electrons. The molecule has 2 heteroatoms. The normalized spacial score (nSPS) is 30.9. The van der Waals surface area contributed by atoms with Gasteiger partial charge in [-0.3, -0.25) is 4.79 Å². The van der Waals surface area contributed by atoms with Crippen LogP contribution in [-0.4, -0.2) is 5.78 Å². The molecule has 0 bridgehead atoms. The zero-order valence-corrected chi connectivity index (χ0v) is 9.41. The summed E-state index contributed by atoms with van der Waals surface area (Å²) in [5.41, 5.74) is 0. The second-order valence-electron chi connectivity index (χ2n) is 4.47. The quantitative estimate of drug-likeness (QED) is 0.522. The molecule has 1 aliphatic rings. The van der Waals surface area contributed by atoms with E-state index in [4.69, 9.17) is 5.26 Å². The SMILES string of the molecule is C=CCCC[C@H]1[C@H](C)CCC(=O)[C@@H]1C#N. The lowest BCUT2D eigenvalue weighted by molar-refractivity contribution is -0.126. The highest BCUT2D eigenvalue weighted by Gasteiger charge is 2.35. The van der Waals surface area contributed by atoms with Gasteiger partial charge in [-0.2, -0.15) is 5.26 Å². The molecule has 0 aromatic carbocycles. The molecule has 0 aromatic heterocycles. The predicted molar refractivity (Wildman–Crippen MR) is 60.0 cm³/mol. The molecule has 1 aliphatic carbocycles. The van der Waals surface area contributed by atoms with Crippen molar-refractivity contribution in [3.8, 4) is 6.07 Å². The van der Waals surface area contributed by atoms with Gasteiger partial charge in [-0.15, -0.1) is 6.58 Å². The number of allylic oxidation sites excluding steroid dienone is 1. The van der Waals surface area contributed by atoms with E-state index in [2.05, 4.69) is 19.6 Å². The molecule has 1 rings (SSSR count). The van der Waals surface area contributed by atoms with E-state index in [1.807, 2.05) is 6.08 Å². The molecule has 0 amide bonds. The summed E-state index contributed by atoms with van der Waals surface area (Å²) in [6, 6.07) is 2.19. The van der Waals surface area contributed by atoms with E-state index >= 15 is 0 Å². The van der Waals surface area contributed by atoms with Crippen molar-refractivity contribution in [2.75, 3.05) is 0 Å². The Balaban J connectivity index is 2.59. The van der Waals surface area contributed by atoms with Gasteiger partial charge in [-0.05, 0) is 37.5 Å². The average molecular weight is 205 g/mol. The molecule has 0 aliphatic heterocycles. The maximum atomic E-state index is 11.6. The maximum absolute atomic E-state index is 11.6. The smallest absolute Gasteiger partial charge is 0.150 e. The first-order valence-corrected chi connectivity index (χ1v) is 5.74. The third-order valence-corrected chi connectivity index (χ3v) is 3.44. The summed E-state index contributed by atoms with van der Waals surface area (Å²) >= 11 is 0. The number of hydrogen-bond acceptors (Lipinski definition) is 2. The van der Waals surface area contributed by atoms with Gasteiger partial charge in [0.1, 0.15) is 11.7 Å². The molecule has 2 nitrogen and oxygen atoms in total. The minimum Gasteiger partial charge on any atom is -0.298 e. The van der Waals surface area contributed by atoms with Crippen molar-refractivity contribution in [1.82, 2.24) is 0 Å². The average Bonchev–Trinajstić information content (AvgIpc) is 2.23. The van der Waals surface area contributed by atoms with Crippen LogP contribution < -0.4 is 0 Å². The standard InChI is InChI=1S/C13H19NO/c1-3-4-5-6-11-10(2)7-8-13(15)12(11)9-14/h3,10-12H,1,4-8H2,2H3/t10-,11+,12-/m1/s1. The Bertz CT molecular complexity index is 277. The van der Waals surface area contributed by atoms with Gasteiger partial charge in [0, 0.05) is 6.42 Å². The first-order chi connectivity index (χ1) is 7.20. The minimum atomic E-state index is -0.349. The van der Waals surface area contributed by atoms with Crippen LogP contribution in [0.5, 0.6) is 0 Å². The molecule has 1 saturated carbocycles. The summed E-state index contributed by atoms with van der Waals surface area (Å²) in [5.74, 6) is 0.589. The fraction of sp³-hybridized carbons (Fsp3) is 0.692. The largest absolute Gasteiger partial charge is 0.298 e. The monoisotopic (exact) mass is 205 g/mol. The van der Waals surface area contributed by atoms with E-state index in [1.54, 1.807) is 0 Å². The first-order valence-electron chi connectivity index (χ1n) is 5.74. The Hall–Kier alpha value is -1.10. The molecule has 3 atom stereocenters. The lowest BCUT2D eigenvalue weighted by Crippen LogP contribution is -2.32. The summed E-state index contributed by atoms with van der Waals surface area (Å²) in [6.07, 6.45) is 6.46. The number of nitrogens with zero attached hydrogens (tertiary/aromatic N) is 1. The van der Waals surface area contributed by atoms with E-state index in [-0.39, 0.29) is 17.6 Å². The van der Waals surface area contributed by atoms with Gasteiger partial charge in [-0.1, -0.05) is 13.0 Å². The molecule has 15 heavy (non-hydrogen) atoms. The third-order valence-electron chi connectivity index (χ3n) is 3.44. The number of unbranched alkanes of at least 4 members (excludes halogenated alkanes) is 1. The number of rotatable bonds is 4. The highest BCUT2D eigenvalue weighted by molar-refractivity contribution is 5.84. The van der Waals surface area contributed by atoms with E-state index in [0.29, 0.717) is 12.3 Å². The minimum absolute atomic E-state index is 0.152. The van der Waals surface area contributed by atoms with Crippen LogP contribution in [-0.2, 0) is 4.79 Å². The molecule has 0 spiro atoms. The number of ketones is 1. The van der Waals surface area contributed by atoms with Gasteiger partial charge in [0.15, 0.2) is 0 Å². The van der Waals surface area contributed by atoms with Gasteiger partial charge >= 0.3 is 0 Å². The predicted octanol–water partition coefficient (Wildman–Crippen LogP) is 3.10. The van der Waals surface area contributed by atoms with Crippen molar-refractivity contribution >= 4 is 5.78 Å². The van der Waals surface area contributed by atoms with Crippen LogP contribution in [0.2, 0.25) is 0 Å². The van der Waals surface area contributed by atoms with Crippen LogP contribution >= 0.6 is 0 Å². The van der Waals surface area contributed by atoms with Crippen molar-refractivity contribution in [1.29, 1.82) is 5.26 Å². The fourth-order valence-electron chi connectivity index (χ4n) is 2.42.